The second-order valence-electron chi connectivity index (χ2n) is 9.93. The summed E-state index contributed by atoms with van der Waals surface area (Å²) >= 11 is 0. The molecule has 3 saturated heterocycles. The molecular weight excluding hydrogens is 492 g/mol. The molecule has 198 valence electrons. The van der Waals surface area contributed by atoms with Gasteiger partial charge in [0.2, 0.25) is 0 Å². The molecule has 36 heavy (non-hydrogen) atoms. The molecule has 12 nitrogen and oxygen atoms in total. The Hall–Kier alpha value is -2.61. The monoisotopic (exact) mass is 524 g/mol. The van der Waals surface area contributed by atoms with Crippen LogP contribution in [0.4, 0.5) is 4.79 Å². The zero-order valence-electron chi connectivity index (χ0n) is 20.1. The number of carbonyl (C=O) groups is 4. The lowest BCUT2D eigenvalue weighted by atomic mass is 9.65. The molecule has 0 aromatic heterocycles. The normalized spacial score (nSPS) is 40.2. The number of piperidine rings is 1. The number of ether oxygens (including phenoxy) is 1. The maximum Gasteiger partial charge on any atom is 0.371 e. The molecule has 0 aromatic rings. The fourth-order valence-corrected chi connectivity index (χ4v) is 8.85. The quantitative estimate of drug-likeness (QED) is 0.402. The number of methoxy groups -OCH3 is 1. The third-order valence-corrected chi connectivity index (χ3v) is 10.4. The standard InChI is InChI=1S/C23H32N4O8S/c1-33-23(15-4-2-5-16(23)14-26(13-15)9-10-27-8-7-25-21(27)31)17-6-3-11-36(17)34-18(28)12-22(32,19(24)29)20(30)35-36/h3,6,11,15-16,32H,2,4-5,7-10,12-14H2,1H3,(H2,24,29)(H,25,31). The number of aliphatic hydroxyl groups is 1. The summed E-state index contributed by atoms with van der Waals surface area (Å²) in [6, 6.07) is -0.0425. The van der Waals surface area contributed by atoms with Crippen LogP contribution < -0.4 is 11.1 Å². The van der Waals surface area contributed by atoms with E-state index in [-0.39, 0.29) is 17.9 Å². The number of fused-ring (bicyclic) bond motifs is 2. The first-order chi connectivity index (χ1) is 17.1. The molecule has 4 atom stereocenters. The second kappa shape index (κ2) is 9.05. The van der Waals surface area contributed by atoms with Gasteiger partial charge in [-0.25, -0.2) is 14.4 Å². The number of allylic oxidation sites excluding steroid dienone is 2. The van der Waals surface area contributed by atoms with Crippen LogP contribution in [0.25, 0.3) is 0 Å². The van der Waals surface area contributed by atoms with Crippen molar-refractivity contribution in [2.24, 2.45) is 17.6 Å². The van der Waals surface area contributed by atoms with E-state index >= 15 is 0 Å². The molecule has 3 amide bonds. The average molecular weight is 525 g/mol. The molecule has 5 aliphatic rings. The van der Waals surface area contributed by atoms with Gasteiger partial charge in [0.1, 0.15) is 5.60 Å². The Balaban J connectivity index is 1.42. The number of likely N-dealkylation sites (tertiary alicyclic amines) is 1. The van der Waals surface area contributed by atoms with E-state index in [2.05, 4.69) is 10.2 Å². The van der Waals surface area contributed by atoms with Gasteiger partial charge in [-0.2, -0.15) is 0 Å². The molecule has 4 N–H and O–H groups in total. The van der Waals surface area contributed by atoms with E-state index in [1.807, 2.05) is 0 Å². The van der Waals surface area contributed by atoms with Crippen molar-refractivity contribution in [1.29, 1.82) is 0 Å². The van der Waals surface area contributed by atoms with Crippen LogP contribution in [0.2, 0.25) is 0 Å². The summed E-state index contributed by atoms with van der Waals surface area (Å²) in [4.78, 5) is 54.1. The first-order valence-corrected chi connectivity index (χ1v) is 13.7. The molecule has 1 aliphatic carbocycles. The highest BCUT2D eigenvalue weighted by molar-refractivity contribution is 8.32. The Morgan fingerprint density at radius 2 is 1.97 bits per heavy atom. The van der Waals surface area contributed by atoms with Crippen molar-refractivity contribution >= 4 is 34.5 Å². The summed E-state index contributed by atoms with van der Waals surface area (Å²) in [5, 5.41) is 14.9. The minimum Gasteiger partial charge on any atom is -0.371 e. The predicted octanol–water partition coefficient (Wildman–Crippen LogP) is -0.119. The Morgan fingerprint density at radius 3 is 2.58 bits per heavy atom. The molecule has 4 unspecified atom stereocenters. The zero-order chi connectivity index (χ0) is 25.7. The van der Waals surface area contributed by atoms with Crippen molar-refractivity contribution in [3.05, 3.63) is 22.5 Å². The SMILES string of the molecule is COC1(C2=CC=CS23OC(=O)CC(O)(C(N)=O)C(=O)O3)C2CCCC1CN(CCN1CCNC1=O)C2. The largest absolute Gasteiger partial charge is 0.371 e. The first-order valence-electron chi connectivity index (χ1n) is 12.2. The van der Waals surface area contributed by atoms with Crippen LogP contribution in [0.1, 0.15) is 25.7 Å². The van der Waals surface area contributed by atoms with Gasteiger partial charge in [0.15, 0.2) is 0 Å². The maximum absolute atomic E-state index is 12.9. The smallest absolute Gasteiger partial charge is 0.371 e. The molecule has 4 aliphatic heterocycles. The molecule has 5 rings (SSSR count). The fourth-order valence-electron chi connectivity index (χ4n) is 6.26. The van der Waals surface area contributed by atoms with Crippen LogP contribution in [0.3, 0.4) is 0 Å². The highest BCUT2D eigenvalue weighted by Crippen LogP contribution is 2.70. The Labute approximate surface area is 210 Å². The van der Waals surface area contributed by atoms with Gasteiger partial charge in [-0.05, 0) is 25.0 Å². The summed E-state index contributed by atoms with van der Waals surface area (Å²) < 4.78 is 17.7. The summed E-state index contributed by atoms with van der Waals surface area (Å²) in [5.74, 6) is -3.60. The molecule has 0 radical (unpaired) electrons. The highest BCUT2D eigenvalue weighted by Gasteiger charge is 2.62. The lowest BCUT2D eigenvalue weighted by molar-refractivity contribution is -0.164. The number of carbonyl (C=O) groups excluding carboxylic acids is 4. The van der Waals surface area contributed by atoms with Crippen molar-refractivity contribution in [2.75, 3.05) is 46.4 Å². The van der Waals surface area contributed by atoms with Crippen molar-refractivity contribution in [3.8, 4) is 0 Å². The van der Waals surface area contributed by atoms with Crippen molar-refractivity contribution in [3.63, 3.8) is 0 Å². The average Bonchev–Trinajstić information content (AvgIpc) is 3.39. The third-order valence-electron chi connectivity index (χ3n) is 8.00. The van der Waals surface area contributed by atoms with E-state index in [4.69, 9.17) is 18.8 Å². The predicted molar refractivity (Wildman–Crippen MR) is 128 cm³/mol. The fraction of sp³-hybridized carbons (Fsp3) is 0.652. The second-order valence-corrected chi connectivity index (χ2v) is 12.1. The molecule has 13 heteroatoms. The topological polar surface area (TPSA) is 161 Å². The molecule has 1 saturated carbocycles. The van der Waals surface area contributed by atoms with Crippen LogP contribution in [-0.2, 0) is 27.5 Å². The van der Waals surface area contributed by atoms with Gasteiger partial charge in [-0.3, -0.25) is 4.79 Å². The zero-order valence-corrected chi connectivity index (χ0v) is 21.0. The number of amides is 3. The van der Waals surface area contributed by atoms with Gasteiger partial charge in [0, 0.05) is 63.6 Å². The number of hydrogen-bond donors (Lipinski definition) is 3. The number of nitrogens with two attached hydrogens (primary N) is 1. The molecule has 1 spiro atoms. The Morgan fingerprint density at radius 1 is 1.25 bits per heavy atom. The molecular formula is C23H32N4O8S. The molecule has 2 bridgehead atoms. The summed E-state index contributed by atoms with van der Waals surface area (Å²) in [7, 11) is -1.48. The van der Waals surface area contributed by atoms with Crippen molar-refractivity contribution in [2.45, 2.75) is 36.9 Å². The summed E-state index contributed by atoms with van der Waals surface area (Å²) in [6.45, 7) is 4.10. The number of nitrogens with one attached hydrogen (secondary N) is 1. The lowest BCUT2D eigenvalue weighted by Crippen LogP contribution is -2.62. The van der Waals surface area contributed by atoms with Crippen LogP contribution in [-0.4, -0.2) is 96.4 Å². The van der Waals surface area contributed by atoms with Gasteiger partial charge in [0.05, 0.1) is 11.3 Å². The highest BCUT2D eigenvalue weighted by atomic mass is 32.3. The van der Waals surface area contributed by atoms with Crippen LogP contribution in [0.15, 0.2) is 22.5 Å². The van der Waals surface area contributed by atoms with Gasteiger partial charge in [0.25, 0.3) is 11.5 Å². The van der Waals surface area contributed by atoms with Crippen LogP contribution in [0.5, 0.6) is 0 Å². The number of hydrogen-bond acceptors (Lipinski definition) is 9. The van der Waals surface area contributed by atoms with Crippen molar-refractivity contribution in [1.82, 2.24) is 15.1 Å². The molecule has 4 heterocycles. The number of rotatable bonds is 6. The van der Waals surface area contributed by atoms with Gasteiger partial charge >= 0.3 is 18.0 Å². The van der Waals surface area contributed by atoms with Crippen LogP contribution >= 0.6 is 10.6 Å². The van der Waals surface area contributed by atoms with E-state index in [1.54, 1.807) is 24.2 Å². The maximum atomic E-state index is 12.9. The van der Waals surface area contributed by atoms with Gasteiger partial charge in [-0.15, -0.1) is 0 Å². The van der Waals surface area contributed by atoms with Gasteiger partial charge < -0.3 is 39.1 Å². The third kappa shape index (κ3) is 3.80. The number of urea groups is 1. The van der Waals surface area contributed by atoms with E-state index in [9.17, 15) is 24.3 Å². The van der Waals surface area contributed by atoms with E-state index in [0.29, 0.717) is 37.6 Å². The summed E-state index contributed by atoms with van der Waals surface area (Å²) in [5.41, 5.74) is 1.57. The molecule has 4 fully saturated rings. The Kier molecular flexibility index (Phi) is 6.30. The molecule has 0 aromatic carbocycles. The van der Waals surface area contributed by atoms with E-state index in [1.165, 1.54) is 5.41 Å². The van der Waals surface area contributed by atoms with Gasteiger partial charge in [-0.1, -0.05) is 17.0 Å². The minimum atomic E-state index is -3.10. The lowest BCUT2D eigenvalue weighted by Gasteiger charge is -2.58. The number of nitrogens with zero attached hydrogens (tertiary/aromatic N) is 2. The van der Waals surface area contributed by atoms with E-state index < -0.39 is 46.1 Å². The first kappa shape index (κ1) is 25.1. The van der Waals surface area contributed by atoms with Crippen molar-refractivity contribution < 1.29 is 37.4 Å². The minimum absolute atomic E-state index is 0.00797. The summed E-state index contributed by atoms with van der Waals surface area (Å²) in [6.07, 6.45) is 5.23. The number of primary amides is 1. The van der Waals surface area contributed by atoms with E-state index in [0.717, 1.165) is 25.8 Å². The Bertz CT molecular complexity index is 1040. The van der Waals surface area contributed by atoms with Crippen LogP contribution in [0, 0.1) is 11.8 Å².